The average Bonchev–Trinajstić information content (AvgIpc) is 2.68. The molecule has 0 aromatic carbocycles. The van der Waals surface area contributed by atoms with Crippen molar-refractivity contribution >= 4 is 0 Å². The molecule has 0 nitrogen and oxygen atoms in total. The van der Waals surface area contributed by atoms with Crippen LogP contribution in [0.25, 0.3) is 0 Å². The molecule has 2 atom stereocenters. The lowest BCUT2D eigenvalue weighted by Gasteiger charge is -2.68. The fraction of sp³-hybridized carbons (Fsp3) is 1.00. The van der Waals surface area contributed by atoms with Crippen molar-refractivity contribution < 1.29 is 0 Å². The predicted octanol–water partition coefficient (Wildman–Crippen LogP) is 7.47. The third-order valence-electron chi connectivity index (χ3n) is 7.64. The van der Waals surface area contributed by atoms with E-state index in [4.69, 9.17) is 0 Å². The number of hydrogen-bond acceptors (Lipinski definition) is 0. The van der Waals surface area contributed by atoms with E-state index in [0.717, 1.165) is 39.9 Å². The minimum Gasteiger partial charge on any atom is -0.0625 e. The van der Waals surface area contributed by atoms with E-state index >= 15 is 0 Å². The minimum atomic E-state index is 0.828. The van der Waals surface area contributed by atoms with Crippen LogP contribution in [0.15, 0.2) is 0 Å². The van der Waals surface area contributed by atoms with Crippen LogP contribution < -0.4 is 0 Å². The van der Waals surface area contributed by atoms with Crippen LogP contribution in [-0.4, -0.2) is 0 Å². The van der Waals surface area contributed by atoms with Crippen LogP contribution >= 0.6 is 0 Å². The third kappa shape index (κ3) is 3.98. The highest BCUT2D eigenvalue weighted by atomic mass is 14.7. The van der Waals surface area contributed by atoms with Gasteiger partial charge in [0.2, 0.25) is 0 Å². The SMILES string of the molecule is CC12CC(C)(C1)C2.CC1CC2(C1)CC(C)C2.CC1CCC(C)C1. The van der Waals surface area contributed by atoms with Crippen LogP contribution in [0.5, 0.6) is 0 Å². The van der Waals surface area contributed by atoms with Crippen molar-refractivity contribution in [3.63, 3.8) is 0 Å². The minimum absolute atomic E-state index is 0.828. The molecule has 0 aromatic rings. The van der Waals surface area contributed by atoms with E-state index in [2.05, 4.69) is 41.5 Å². The van der Waals surface area contributed by atoms with Crippen molar-refractivity contribution in [2.24, 2.45) is 39.9 Å². The Balaban J connectivity index is 0.000000103. The van der Waals surface area contributed by atoms with Gasteiger partial charge in [-0.15, -0.1) is 0 Å². The summed E-state index contributed by atoms with van der Waals surface area (Å²) in [6.07, 6.45) is 15.1. The molecule has 0 saturated heterocycles. The van der Waals surface area contributed by atoms with Gasteiger partial charge in [0, 0.05) is 0 Å². The molecule has 6 aliphatic rings. The molecule has 0 aliphatic heterocycles. The summed E-state index contributed by atoms with van der Waals surface area (Å²) in [5.41, 5.74) is 2.54. The van der Waals surface area contributed by atoms with Crippen LogP contribution in [0, 0.1) is 39.9 Å². The summed E-state index contributed by atoms with van der Waals surface area (Å²) in [7, 11) is 0. The maximum absolute atomic E-state index is 2.40. The molecule has 6 rings (SSSR count). The second kappa shape index (κ2) is 6.06. The summed E-state index contributed by atoms with van der Waals surface area (Å²) >= 11 is 0. The summed E-state index contributed by atoms with van der Waals surface area (Å²) < 4.78 is 0. The average molecular weight is 319 g/mol. The van der Waals surface area contributed by atoms with Gasteiger partial charge in [0.25, 0.3) is 0 Å². The van der Waals surface area contributed by atoms with Crippen molar-refractivity contribution in [1.29, 1.82) is 0 Å². The zero-order chi connectivity index (χ0) is 16.9. The van der Waals surface area contributed by atoms with Crippen LogP contribution in [0.2, 0.25) is 0 Å². The highest BCUT2D eigenvalue weighted by Crippen LogP contribution is 2.72. The van der Waals surface area contributed by atoms with Crippen molar-refractivity contribution in [2.45, 2.75) is 106 Å². The van der Waals surface area contributed by atoms with Gasteiger partial charge >= 0.3 is 0 Å². The van der Waals surface area contributed by atoms with Crippen molar-refractivity contribution in [3.05, 3.63) is 0 Å². The normalized spacial score (nSPS) is 55.0. The summed E-state index contributed by atoms with van der Waals surface area (Å²) in [5.74, 6) is 4.15. The first kappa shape index (κ1) is 17.8. The lowest BCUT2D eigenvalue weighted by Crippen LogP contribution is -2.57. The van der Waals surface area contributed by atoms with E-state index in [-0.39, 0.29) is 0 Å². The van der Waals surface area contributed by atoms with Gasteiger partial charge in [-0.05, 0) is 91.3 Å². The molecule has 6 aliphatic carbocycles. The third-order valence-corrected chi connectivity index (χ3v) is 7.64. The zero-order valence-corrected chi connectivity index (χ0v) is 16.9. The molecule has 0 amide bonds. The van der Waals surface area contributed by atoms with Gasteiger partial charge < -0.3 is 0 Å². The van der Waals surface area contributed by atoms with Gasteiger partial charge in [0.05, 0.1) is 0 Å². The highest BCUT2D eigenvalue weighted by molar-refractivity contribution is 5.12. The first-order valence-electron chi connectivity index (χ1n) is 10.6. The van der Waals surface area contributed by atoms with Crippen LogP contribution in [0.4, 0.5) is 0 Å². The Morgan fingerprint density at radius 1 is 0.565 bits per heavy atom. The summed E-state index contributed by atoms with van der Waals surface area (Å²) in [6, 6.07) is 0. The molecule has 0 N–H and O–H groups in total. The van der Waals surface area contributed by atoms with Gasteiger partial charge in [-0.2, -0.15) is 0 Å². The summed E-state index contributed by atoms with van der Waals surface area (Å²) in [5, 5.41) is 0. The van der Waals surface area contributed by atoms with Crippen LogP contribution in [-0.2, 0) is 0 Å². The molecular weight excluding hydrogens is 276 g/mol. The fourth-order valence-corrected chi connectivity index (χ4v) is 7.60. The van der Waals surface area contributed by atoms with Crippen molar-refractivity contribution in [3.8, 4) is 0 Å². The first-order chi connectivity index (χ1) is 10.6. The van der Waals surface area contributed by atoms with Gasteiger partial charge in [-0.3, -0.25) is 0 Å². The summed E-state index contributed by atoms with van der Waals surface area (Å²) in [4.78, 5) is 0. The summed E-state index contributed by atoms with van der Waals surface area (Å²) in [6.45, 7) is 14.3. The van der Waals surface area contributed by atoms with Crippen molar-refractivity contribution in [1.82, 2.24) is 0 Å². The quantitative estimate of drug-likeness (QED) is 0.434. The number of hydrogen-bond donors (Lipinski definition) is 0. The predicted molar refractivity (Wildman–Crippen MR) is 101 cm³/mol. The molecular formula is C23H42. The Morgan fingerprint density at radius 2 is 0.913 bits per heavy atom. The Kier molecular flexibility index (Phi) is 4.70. The molecule has 6 saturated carbocycles. The Hall–Kier alpha value is 0. The molecule has 0 aromatic heterocycles. The number of rotatable bonds is 0. The first-order valence-corrected chi connectivity index (χ1v) is 10.6. The lowest BCUT2D eigenvalue weighted by atomic mass is 9.37. The van der Waals surface area contributed by atoms with E-state index < -0.39 is 0 Å². The van der Waals surface area contributed by atoms with Gasteiger partial charge in [-0.25, -0.2) is 0 Å². The van der Waals surface area contributed by atoms with Gasteiger partial charge in [0.15, 0.2) is 0 Å². The van der Waals surface area contributed by atoms with E-state index in [9.17, 15) is 0 Å². The fourth-order valence-electron chi connectivity index (χ4n) is 7.60. The second-order valence-electron chi connectivity index (χ2n) is 11.7. The molecule has 23 heavy (non-hydrogen) atoms. The Labute approximate surface area is 146 Å². The van der Waals surface area contributed by atoms with Crippen molar-refractivity contribution in [2.75, 3.05) is 0 Å². The van der Waals surface area contributed by atoms with E-state index in [1.54, 1.807) is 0 Å². The molecule has 134 valence electrons. The Morgan fingerprint density at radius 3 is 1.04 bits per heavy atom. The molecule has 2 bridgehead atoms. The van der Waals surface area contributed by atoms with E-state index in [1.165, 1.54) is 64.2 Å². The molecule has 1 spiro atoms. The van der Waals surface area contributed by atoms with Gasteiger partial charge in [0.1, 0.15) is 0 Å². The largest absolute Gasteiger partial charge is 0.0625 e. The zero-order valence-electron chi connectivity index (χ0n) is 16.9. The molecule has 0 heteroatoms. The molecule has 0 radical (unpaired) electrons. The van der Waals surface area contributed by atoms with Crippen LogP contribution in [0.3, 0.4) is 0 Å². The van der Waals surface area contributed by atoms with Gasteiger partial charge in [-0.1, -0.05) is 54.4 Å². The molecule has 6 fully saturated rings. The smallest absolute Gasteiger partial charge is 0.0287 e. The van der Waals surface area contributed by atoms with E-state index in [0.29, 0.717) is 0 Å². The standard InChI is InChI=1S/C9H16.C7H12.C7H14/c1-7-3-9(4-7)5-8(2)6-9;1-6-3-7(2,4-6)5-6;1-6-3-4-7(2)5-6/h7-8H,3-6H2,1-2H3;3-5H2,1-2H3;6-7H,3-5H2,1-2H3. The maximum atomic E-state index is 2.40. The second-order valence-corrected chi connectivity index (χ2v) is 11.7. The lowest BCUT2D eigenvalue weighted by molar-refractivity contribution is -0.176. The Bertz CT molecular complexity index is 348. The molecule has 2 unspecified atom stereocenters. The highest BCUT2D eigenvalue weighted by Gasteiger charge is 2.61. The van der Waals surface area contributed by atoms with E-state index in [1.807, 2.05) is 0 Å². The maximum Gasteiger partial charge on any atom is -0.0287 e. The topological polar surface area (TPSA) is 0 Å². The molecule has 0 heterocycles. The monoisotopic (exact) mass is 318 g/mol. The van der Waals surface area contributed by atoms with Crippen LogP contribution in [0.1, 0.15) is 106 Å².